The molecule has 1 rings (SSSR count). The first-order chi connectivity index (χ1) is 9.67. The molecule has 1 unspecified atom stereocenters. The quantitative estimate of drug-likeness (QED) is 0.636. The van der Waals surface area contributed by atoms with E-state index in [9.17, 15) is 4.79 Å². The largest absolute Gasteiger partial charge is 0.355 e. The molecule has 0 saturated carbocycles. The summed E-state index contributed by atoms with van der Waals surface area (Å²) in [6, 6.07) is -0.0687. The number of likely N-dealkylation sites (tertiary alicyclic amines) is 1. The van der Waals surface area contributed by atoms with E-state index in [0.717, 1.165) is 32.0 Å². The van der Waals surface area contributed by atoms with Gasteiger partial charge >= 0.3 is 0 Å². The zero-order chi connectivity index (χ0) is 14.8. The van der Waals surface area contributed by atoms with Crippen LogP contribution in [0.25, 0.3) is 0 Å². The molecule has 20 heavy (non-hydrogen) atoms. The predicted octanol–water partition coefficient (Wildman–Crippen LogP) is 2.00. The number of unbranched alkanes of at least 4 members (excludes halogenated alkanes) is 2. The monoisotopic (exact) mass is 283 g/mol. The van der Waals surface area contributed by atoms with Gasteiger partial charge in [-0.15, -0.1) is 0 Å². The maximum absolute atomic E-state index is 11.9. The summed E-state index contributed by atoms with van der Waals surface area (Å²) in [4.78, 5) is 14.4. The van der Waals surface area contributed by atoms with Crippen molar-refractivity contribution < 1.29 is 4.79 Å². The molecule has 0 bridgehead atoms. The van der Waals surface area contributed by atoms with Crippen LogP contribution >= 0.6 is 0 Å². The topological polar surface area (TPSA) is 44.4 Å². The zero-order valence-electron chi connectivity index (χ0n) is 13.6. The Morgan fingerprint density at radius 2 is 1.95 bits per heavy atom. The Hall–Kier alpha value is -0.610. The molecule has 1 fully saturated rings. The molecule has 1 amide bonds. The maximum atomic E-state index is 11.9. The van der Waals surface area contributed by atoms with Crippen molar-refractivity contribution in [1.82, 2.24) is 15.5 Å². The Balaban J connectivity index is 2.10. The van der Waals surface area contributed by atoms with Crippen LogP contribution in [0.1, 0.15) is 52.9 Å². The highest BCUT2D eigenvalue weighted by Gasteiger charge is 2.19. The molecule has 0 aromatic rings. The molecular formula is C16H33N3O. The number of hydrogen-bond acceptors (Lipinski definition) is 3. The van der Waals surface area contributed by atoms with Crippen molar-refractivity contribution in [1.29, 1.82) is 0 Å². The molecule has 1 aliphatic rings. The van der Waals surface area contributed by atoms with E-state index >= 15 is 0 Å². The Kier molecular flexibility index (Phi) is 8.86. The van der Waals surface area contributed by atoms with Crippen molar-refractivity contribution >= 4 is 5.91 Å². The van der Waals surface area contributed by atoms with Crippen LogP contribution in [0.2, 0.25) is 0 Å². The number of rotatable bonds is 9. The van der Waals surface area contributed by atoms with Crippen molar-refractivity contribution in [2.75, 3.05) is 32.7 Å². The zero-order valence-corrected chi connectivity index (χ0v) is 13.6. The second kappa shape index (κ2) is 10.2. The van der Waals surface area contributed by atoms with Gasteiger partial charge in [-0.3, -0.25) is 4.79 Å². The lowest BCUT2D eigenvalue weighted by atomic mass is 9.96. The molecule has 0 radical (unpaired) electrons. The van der Waals surface area contributed by atoms with Gasteiger partial charge in [0.25, 0.3) is 0 Å². The number of carbonyl (C=O) groups is 1. The third-order valence-corrected chi connectivity index (χ3v) is 4.34. The average molecular weight is 283 g/mol. The van der Waals surface area contributed by atoms with E-state index in [-0.39, 0.29) is 11.9 Å². The van der Waals surface area contributed by atoms with Crippen LogP contribution < -0.4 is 10.6 Å². The molecule has 0 aromatic carbocycles. The van der Waals surface area contributed by atoms with Crippen molar-refractivity contribution in [2.24, 2.45) is 5.92 Å². The number of nitrogens with zero attached hydrogens (tertiary/aromatic N) is 1. The molecule has 0 aromatic heterocycles. The summed E-state index contributed by atoms with van der Waals surface area (Å²) in [7, 11) is 0. The molecule has 4 nitrogen and oxygen atoms in total. The lowest BCUT2D eigenvalue weighted by Gasteiger charge is -2.31. The Bertz CT molecular complexity index is 262. The first-order valence-corrected chi connectivity index (χ1v) is 8.40. The summed E-state index contributed by atoms with van der Waals surface area (Å²) < 4.78 is 0. The molecular weight excluding hydrogens is 250 g/mol. The van der Waals surface area contributed by atoms with Gasteiger partial charge < -0.3 is 15.5 Å². The minimum absolute atomic E-state index is 0.0687. The fraction of sp³-hybridized carbons (Fsp3) is 0.938. The maximum Gasteiger partial charge on any atom is 0.236 e. The van der Waals surface area contributed by atoms with E-state index in [1.54, 1.807) is 0 Å². The fourth-order valence-electron chi connectivity index (χ4n) is 2.68. The van der Waals surface area contributed by atoms with Gasteiger partial charge in [-0.05, 0) is 58.3 Å². The van der Waals surface area contributed by atoms with Crippen LogP contribution in [-0.2, 0) is 4.79 Å². The first kappa shape index (κ1) is 17.4. The number of amides is 1. The molecule has 1 heterocycles. The highest BCUT2D eigenvalue weighted by molar-refractivity contribution is 5.81. The minimum Gasteiger partial charge on any atom is -0.355 e. The van der Waals surface area contributed by atoms with E-state index in [1.165, 1.54) is 38.8 Å². The van der Waals surface area contributed by atoms with Gasteiger partial charge in [-0.25, -0.2) is 0 Å². The molecule has 0 aliphatic carbocycles. The molecule has 118 valence electrons. The van der Waals surface area contributed by atoms with Crippen LogP contribution in [0.15, 0.2) is 0 Å². The third kappa shape index (κ3) is 6.71. The van der Waals surface area contributed by atoms with Crippen molar-refractivity contribution in [3.05, 3.63) is 0 Å². The fourth-order valence-corrected chi connectivity index (χ4v) is 2.68. The number of piperidine rings is 1. The van der Waals surface area contributed by atoms with E-state index in [4.69, 9.17) is 0 Å². The number of nitrogens with one attached hydrogen (secondary N) is 2. The summed E-state index contributed by atoms with van der Waals surface area (Å²) in [5.41, 5.74) is 0. The highest BCUT2D eigenvalue weighted by Crippen LogP contribution is 2.15. The van der Waals surface area contributed by atoms with Gasteiger partial charge in [0.2, 0.25) is 5.91 Å². The van der Waals surface area contributed by atoms with Crippen LogP contribution in [-0.4, -0.2) is 49.6 Å². The first-order valence-electron chi connectivity index (χ1n) is 8.40. The molecule has 2 N–H and O–H groups in total. The van der Waals surface area contributed by atoms with E-state index in [1.807, 2.05) is 6.92 Å². The lowest BCUT2D eigenvalue weighted by Crippen LogP contribution is -2.45. The van der Waals surface area contributed by atoms with Crippen LogP contribution in [0.4, 0.5) is 0 Å². The van der Waals surface area contributed by atoms with Gasteiger partial charge in [0.1, 0.15) is 0 Å². The summed E-state index contributed by atoms with van der Waals surface area (Å²) in [5, 5.41) is 6.41. The Morgan fingerprint density at radius 3 is 2.55 bits per heavy atom. The summed E-state index contributed by atoms with van der Waals surface area (Å²) in [5.74, 6) is 0.875. The Morgan fingerprint density at radius 1 is 1.25 bits per heavy atom. The average Bonchev–Trinajstić information content (AvgIpc) is 2.49. The van der Waals surface area contributed by atoms with Gasteiger partial charge in [-0.2, -0.15) is 0 Å². The summed E-state index contributed by atoms with van der Waals surface area (Å²) >= 11 is 0. The smallest absolute Gasteiger partial charge is 0.236 e. The molecule has 1 saturated heterocycles. The second-order valence-corrected chi connectivity index (χ2v) is 6.01. The van der Waals surface area contributed by atoms with Crippen LogP contribution in [0, 0.1) is 5.92 Å². The van der Waals surface area contributed by atoms with Crippen molar-refractivity contribution in [3.8, 4) is 0 Å². The van der Waals surface area contributed by atoms with Crippen molar-refractivity contribution in [3.63, 3.8) is 0 Å². The van der Waals surface area contributed by atoms with Gasteiger partial charge in [0, 0.05) is 6.54 Å². The normalized spacial score (nSPS) is 18.9. The predicted molar refractivity (Wildman–Crippen MR) is 84.8 cm³/mol. The van der Waals surface area contributed by atoms with Gasteiger partial charge in [0.15, 0.2) is 0 Å². The van der Waals surface area contributed by atoms with Crippen LogP contribution in [0.3, 0.4) is 0 Å². The van der Waals surface area contributed by atoms with E-state index in [2.05, 4.69) is 29.4 Å². The summed E-state index contributed by atoms with van der Waals surface area (Å²) in [6.45, 7) is 11.7. The van der Waals surface area contributed by atoms with Gasteiger partial charge in [0.05, 0.1) is 6.04 Å². The van der Waals surface area contributed by atoms with E-state index in [0.29, 0.717) is 0 Å². The molecule has 0 spiro atoms. The lowest BCUT2D eigenvalue weighted by molar-refractivity contribution is -0.122. The van der Waals surface area contributed by atoms with E-state index < -0.39 is 0 Å². The molecule has 4 heteroatoms. The second-order valence-electron chi connectivity index (χ2n) is 6.01. The number of hydrogen-bond donors (Lipinski definition) is 2. The van der Waals surface area contributed by atoms with Gasteiger partial charge in [-0.1, -0.05) is 26.7 Å². The minimum atomic E-state index is -0.0687. The van der Waals surface area contributed by atoms with Crippen molar-refractivity contribution in [2.45, 2.75) is 58.9 Å². The highest BCUT2D eigenvalue weighted by atomic mass is 16.2. The SMILES string of the molecule is CCCCCNC(=O)C(C)NCC1CCN(CC)CC1. The standard InChI is InChI=1S/C16H33N3O/c1-4-6-7-10-17-16(20)14(3)18-13-15-8-11-19(5-2)12-9-15/h14-15,18H,4-13H2,1-3H3,(H,17,20). The third-order valence-electron chi connectivity index (χ3n) is 4.34. The Labute approximate surface area is 124 Å². The van der Waals surface area contributed by atoms with Crippen LogP contribution in [0.5, 0.6) is 0 Å². The molecule has 1 atom stereocenters. The molecule has 1 aliphatic heterocycles. The number of carbonyl (C=O) groups excluding carboxylic acids is 1. The summed E-state index contributed by atoms with van der Waals surface area (Å²) in [6.07, 6.45) is 5.99.